The smallest absolute Gasteiger partial charge is 0.171 e. The summed E-state index contributed by atoms with van der Waals surface area (Å²) >= 11 is 6.26. The molecule has 0 amide bonds. The van der Waals surface area contributed by atoms with E-state index < -0.39 is 5.54 Å². The van der Waals surface area contributed by atoms with Gasteiger partial charge in [0.05, 0.1) is 5.69 Å². The zero-order valence-corrected chi connectivity index (χ0v) is 14.9. The number of nitrogens with two attached hydrogens (primary N) is 1. The fraction of sp³-hybridized carbons (Fsp3) is 0.444. The third-order valence-corrected chi connectivity index (χ3v) is 3.71. The van der Waals surface area contributed by atoms with Crippen LogP contribution in [0.3, 0.4) is 0 Å². The van der Waals surface area contributed by atoms with Gasteiger partial charge in [-0.1, -0.05) is 25.4 Å². The minimum Gasteiger partial charge on any atom is -0.488 e. The van der Waals surface area contributed by atoms with Crippen LogP contribution in [0.1, 0.15) is 32.9 Å². The van der Waals surface area contributed by atoms with Crippen LogP contribution >= 0.6 is 11.6 Å². The summed E-state index contributed by atoms with van der Waals surface area (Å²) in [5.74, 6) is 1.07. The zero-order valence-electron chi connectivity index (χ0n) is 14.1. The van der Waals surface area contributed by atoms with E-state index in [9.17, 15) is 0 Å². The Morgan fingerprint density at radius 2 is 2.04 bits per heavy atom. The highest BCUT2D eigenvalue weighted by atomic mass is 35.5. The SMILES string of the molecule is Cc1cc(-c2ccc(OCC(C)(N)CC(C)C)c(Cl)n2)ccn1. The Labute approximate surface area is 143 Å². The molecule has 2 aromatic heterocycles. The lowest BCUT2D eigenvalue weighted by atomic mass is 9.93. The van der Waals surface area contributed by atoms with Crippen LogP contribution in [0, 0.1) is 12.8 Å². The number of aromatic nitrogens is 2. The molecule has 0 radical (unpaired) electrons. The number of rotatable bonds is 6. The van der Waals surface area contributed by atoms with Crippen molar-refractivity contribution in [3.05, 3.63) is 41.3 Å². The Hall–Kier alpha value is -1.65. The molecule has 4 nitrogen and oxygen atoms in total. The summed E-state index contributed by atoms with van der Waals surface area (Å²) in [6.45, 7) is 8.62. The van der Waals surface area contributed by atoms with Gasteiger partial charge in [0.1, 0.15) is 6.61 Å². The van der Waals surface area contributed by atoms with Gasteiger partial charge < -0.3 is 10.5 Å². The summed E-state index contributed by atoms with van der Waals surface area (Å²) < 4.78 is 5.79. The molecule has 0 spiro atoms. The van der Waals surface area contributed by atoms with Crippen molar-refractivity contribution < 1.29 is 4.74 Å². The number of nitrogens with zero attached hydrogens (tertiary/aromatic N) is 2. The van der Waals surface area contributed by atoms with Gasteiger partial charge in [-0.25, -0.2) is 4.98 Å². The quantitative estimate of drug-likeness (QED) is 0.803. The van der Waals surface area contributed by atoms with Gasteiger partial charge in [-0.2, -0.15) is 0 Å². The van der Waals surface area contributed by atoms with Crippen molar-refractivity contribution >= 4 is 11.6 Å². The molecule has 2 N–H and O–H groups in total. The molecule has 0 aliphatic carbocycles. The van der Waals surface area contributed by atoms with E-state index in [-0.39, 0.29) is 0 Å². The van der Waals surface area contributed by atoms with Gasteiger partial charge in [0.15, 0.2) is 10.9 Å². The Bertz CT molecular complexity index is 671. The topological polar surface area (TPSA) is 61.0 Å². The second-order valence-electron chi connectivity index (χ2n) is 6.71. The molecule has 0 bridgehead atoms. The molecule has 0 aliphatic heterocycles. The standard InChI is InChI=1S/C18H24ClN3O/c1-12(2)10-18(4,20)11-23-16-6-5-15(22-17(16)19)14-7-8-21-13(3)9-14/h5-9,12H,10-11,20H2,1-4H3. The average molecular weight is 334 g/mol. The van der Waals surface area contributed by atoms with Crippen molar-refractivity contribution in [3.63, 3.8) is 0 Å². The molecular weight excluding hydrogens is 310 g/mol. The van der Waals surface area contributed by atoms with Crippen LogP contribution in [0.4, 0.5) is 0 Å². The molecule has 1 atom stereocenters. The lowest BCUT2D eigenvalue weighted by molar-refractivity contribution is 0.206. The van der Waals surface area contributed by atoms with Crippen LogP contribution in [-0.2, 0) is 0 Å². The Morgan fingerprint density at radius 3 is 2.65 bits per heavy atom. The van der Waals surface area contributed by atoms with E-state index in [0.717, 1.165) is 23.4 Å². The second kappa shape index (κ2) is 7.28. The molecule has 0 saturated carbocycles. The number of hydrogen-bond acceptors (Lipinski definition) is 4. The largest absolute Gasteiger partial charge is 0.488 e. The van der Waals surface area contributed by atoms with E-state index >= 15 is 0 Å². The van der Waals surface area contributed by atoms with Gasteiger partial charge in [-0.15, -0.1) is 0 Å². The van der Waals surface area contributed by atoms with Gasteiger partial charge in [-0.05, 0) is 50.5 Å². The van der Waals surface area contributed by atoms with Gasteiger partial charge in [0, 0.05) is 23.0 Å². The number of halogens is 1. The van der Waals surface area contributed by atoms with Crippen molar-refractivity contribution in [2.45, 2.75) is 39.7 Å². The van der Waals surface area contributed by atoms with Crippen molar-refractivity contribution in [1.29, 1.82) is 0 Å². The van der Waals surface area contributed by atoms with E-state index in [1.807, 2.05) is 38.1 Å². The van der Waals surface area contributed by atoms with Crippen molar-refractivity contribution in [3.8, 4) is 17.0 Å². The number of aryl methyl sites for hydroxylation is 1. The maximum absolute atomic E-state index is 6.26. The molecule has 23 heavy (non-hydrogen) atoms. The van der Waals surface area contributed by atoms with Crippen molar-refractivity contribution in [2.24, 2.45) is 11.7 Å². The third-order valence-electron chi connectivity index (χ3n) is 3.44. The molecule has 0 aliphatic rings. The first-order chi connectivity index (χ1) is 10.8. The second-order valence-corrected chi connectivity index (χ2v) is 7.07. The van der Waals surface area contributed by atoms with Gasteiger partial charge in [-0.3, -0.25) is 4.98 Å². The normalized spacial score (nSPS) is 13.9. The van der Waals surface area contributed by atoms with Crippen LogP contribution in [-0.4, -0.2) is 22.1 Å². The monoisotopic (exact) mass is 333 g/mol. The van der Waals surface area contributed by atoms with Crippen LogP contribution in [0.2, 0.25) is 5.15 Å². The first-order valence-electron chi connectivity index (χ1n) is 7.78. The Morgan fingerprint density at radius 1 is 1.30 bits per heavy atom. The molecule has 5 heteroatoms. The molecule has 2 heterocycles. The fourth-order valence-electron chi connectivity index (χ4n) is 2.63. The van der Waals surface area contributed by atoms with Crippen LogP contribution in [0.5, 0.6) is 5.75 Å². The average Bonchev–Trinajstić information content (AvgIpc) is 2.44. The van der Waals surface area contributed by atoms with Crippen LogP contribution in [0.25, 0.3) is 11.3 Å². The highest BCUT2D eigenvalue weighted by molar-refractivity contribution is 6.30. The summed E-state index contributed by atoms with van der Waals surface area (Å²) in [6, 6.07) is 7.61. The van der Waals surface area contributed by atoms with Crippen LogP contribution < -0.4 is 10.5 Å². The predicted molar refractivity (Wildman–Crippen MR) is 94.8 cm³/mol. The highest BCUT2D eigenvalue weighted by Gasteiger charge is 2.21. The maximum Gasteiger partial charge on any atom is 0.171 e. The maximum atomic E-state index is 6.26. The molecule has 0 fully saturated rings. The van der Waals surface area contributed by atoms with Crippen molar-refractivity contribution in [2.75, 3.05) is 6.61 Å². The molecule has 1 unspecified atom stereocenters. The lowest BCUT2D eigenvalue weighted by Crippen LogP contribution is -2.43. The molecule has 2 rings (SSSR count). The summed E-state index contributed by atoms with van der Waals surface area (Å²) in [4.78, 5) is 8.60. The Balaban J connectivity index is 2.11. The van der Waals surface area contributed by atoms with Crippen molar-refractivity contribution in [1.82, 2.24) is 9.97 Å². The van der Waals surface area contributed by atoms with E-state index in [4.69, 9.17) is 22.1 Å². The fourth-order valence-corrected chi connectivity index (χ4v) is 2.84. The van der Waals surface area contributed by atoms with Crippen LogP contribution in [0.15, 0.2) is 30.5 Å². The van der Waals surface area contributed by atoms with E-state index in [1.165, 1.54) is 0 Å². The van der Waals surface area contributed by atoms with Gasteiger partial charge >= 0.3 is 0 Å². The molecule has 124 valence electrons. The number of pyridine rings is 2. The third kappa shape index (κ3) is 5.19. The summed E-state index contributed by atoms with van der Waals surface area (Å²) in [5, 5.41) is 0.345. The summed E-state index contributed by atoms with van der Waals surface area (Å²) in [7, 11) is 0. The van der Waals surface area contributed by atoms with E-state index in [2.05, 4.69) is 23.8 Å². The minimum atomic E-state index is -0.390. The predicted octanol–water partition coefficient (Wildman–Crippen LogP) is 4.25. The molecule has 0 saturated heterocycles. The first kappa shape index (κ1) is 17.7. The highest BCUT2D eigenvalue weighted by Crippen LogP contribution is 2.28. The van der Waals surface area contributed by atoms with E-state index in [1.54, 1.807) is 6.20 Å². The van der Waals surface area contributed by atoms with Gasteiger partial charge in [0.25, 0.3) is 0 Å². The van der Waals surface area contributed by atoms with E-state index in [0.29, 0.717) is 23.4 Å². The molecular formula is C18H24ClN3O. The Kier molecular flexibility index (Phi) is 5.60. The van der Waals surface area contributed by atoms with Gasteiger partial charge in [0.2, 0.25) is 0 Å². The summed E-state index contributed by atoms with van der Waals surface area (Å²) in [5.41, 5.74) is 8.58. The minimum absolute atomic E-state index is 0.345. The zero-order chi connectivity index (χ0) is 17.0. The summed E-state index contributed by atoms with van der Waals surface area (Å²) in [6.07, 6.45) is 2.64. The number of hydrogen-bond donors (Lipinski definition) is 1. The lowest BCUT2D eigenvalue weighted by Gasteiger charge is -2.26. The first-order valence-corrected chi connectivity index (χ1v) is 8.16. The molecule has 0 aromatic carbocycles. The number of ether oxygens (including phenoxy) is 1. The molecule has 2 aromatic rings.